The highest BCUT2D eigenvalue weighted by Gasteiger charge is 2.21. The van der Waals surface area contributed by atoms with Gasteiger partial charge < -0.3 is 20.0 Å². The number of nitrogens with one attached hydrogen (secondary N) is 1. The highest BCUT2D eigenvalue weighted by Crippen LogP contribution is 2.20. The molecular formula is C18H26FN5O2. The second kappa shape index (κ2) is 8.64. The summed E-state index contributed by atoms with van der Waals surface area (Å²) in [7, 11) is 6.71. The lowest BCUT2D eigenvalue weighted by Gasteiger charge is -2.32. The number of fused-ring (bicyclic) bond motifs is 1. The van der Waals surface area contributed by atoms with Crippen molar-refractivity contribution in [3.8, 4) is 0 Å². The molecule has 0 fully saturated rings. The van der Waals surface area contributed by atoms with E-state index in [1.54, 1.807) is 40.3 Å². The average molecular weight is 363 g/mol. The number of aliphatic imine (C=N–C) groups is 1. The number of halogens is 1. The zero-order valence-corrected chi connectivity index (χ0v) is 15.8. The number of amides is 2. The Hall–Kier alpha value is -2.64. The van der Waals surface area contributed by atoms with Gasteiger partial charge in [-0.2, -0.15) is 0 Å². The predicted octanol–water partition coefficient (Wildman–Crippen LogP) is 0.306. The molecule has 8 heteroatoms. The van der Waals surface area contributed by atoms with Crippen molar-refractivity contribution in [2.45, 2.75) is 13.0 Å². The van der Waals surface area contributed by atoms with Crippen LogP contribution in [0, 0.1) is 5.82 Å². The molecule has 0 unspecified atom stereocenters. The summed E-state index contributed by atoms with van der Waals surface area (Å²) in [6.45, 7) is 1.27. The van der Waals surface area contributed by atoms with Crippen LogP contribution in [0.2, 0.25) is 0 Å². The molecule has 1 aromatic rings. The van der Waals surface area contributed by atoms with Gasteiger partial charge in [-0.05, 0) is 29.7 Å². The zero-order chi connectivity index (χ0) is 19.3. The molecule has 0 bridgehead atoms. The first kappa shape index (κ1) is 19.7. The Balaban J connectivity index is 2.14. The highest BCUT2D eigenvalue weighted by molar-refractivity contribution is 5.88. The predicted molar refractivity (Wildman–Crippen MR) is 98.2 cm³/mol. The lowest BCUT2D eigenvalue weighted by Crippen LogP contribution is -2.47. The first-order valence-corrected chi connectivity index (χ1v) is 8.48. The molecule has 0 radical (unpaired) electrons. The zero-order valence-electron chi connectivity index (χ0n) is 15.8. The number of rotatable bonds is 4. The Labute approximate surface area is 153 Å². The van der Waals surface area contributed by atoms with E-state index >= 15 is 0 Å². The van der Waals surface area contributed by atoms with Crippen molar-refractivity contribution >= 4 is 17.8 Å². The molecule has 0 atom stereocenters. The van der Waals surface area contributed by atoms with E-state index in [0.717, 1.165) is 11.1 Å². The van der Waals surface area contributed by atoms with Crippen LogP contribution in [0.1, 0.15) is 11.1 Å². The third-order valence-corrected chi connectivity index (χ3v) is 4.24. The Bertz CT molecular complexity index is 703. The van der Waals surface area contributed by atoms with Gasteiger partial charge in [0, 0.05) is 41.3 Å². The number of likely N-dealkylation sites (N-methyl/N-ethyl adjacent to an activating group) is 2. The van der Waals surface area contributed by atoms with Crippen molar-refractivity contribution in [2.75, 3.05) is 47.8 Å². The van der Waals surface area contributed by atoms with E-state index in [1.807, 2.05) is 4.90 Å². The first-order chi connectivity index (χ1) is 12.3. The van der Waals surface area contributed by atoms with Crippen LogP contribution in [0.25, 0.3) is 0 Å². The van der Waals surface area contributed by atoms with Crippen LogP contribution in [0.15, 0.2) is 23.2 Å². The van der Waals surface area contributed by atoms with Gasteiger partial charge in [-0.25, -0.2) is 9.38 Å². The monoisotopic (exact) mass is 363 g/mol. The molecule has 1 aliphatic heterocycles. The van der Waals surface area contributed by atoms with Crippen LogP contribution in [0.4, 0.5) is 4.39 Å². The topological polar surface area (TPSA) is 68.2 Å². The number of carbonyl (C=O) groups excluding carboxylic acids is 2. The minimum absolute atomic E-state index is 0.00172. The van der Waals surface area contributed by atoms with Crippen LogP contribution >= 0.6 is 0 Å². The van der Waals surface area contributed by atoms with Crippen LogP contribution in [0.3, 0.4) is 0 Å². The minimum Gasteiger partial charge on any atom is -0.347 e. The molecule has 1 heterocycles. The maximum atomic E-state index is 13.4. The number of hydrogen-bond donors (Lipinski definition) is 1. The van der Waals surface area contributed by atoms with Gasteiger partial charge in [0.15, 0.2) is 5.96 Å². The van der Waals surface area contributed by atoms with E-state index in [0.29, 0.717) is 25.5 Å². The van der Waals surface area contributed by atoms with Crippen molar-refractivity contribution < 1.29 is 14.0 Å². The normalized spacial score (nSPS) is 13.9. The van der Waals surface area contributed by atoms with Crippen molar-refractivity contribution in [1.82, 2.24) is 20.0 Å². The first-order valence-electron chi connectivity index (χ1n) is 8.48. The summed E-state index contributed by atoms with van der Waals surface area (Å²) < 4.78 is 13.4. The van der Waals surface area contributed by atoms with Gasteiger partial charge in [-0.1, -0.05) is 6.07 Å². The summed E-state index contributed by atoms with van der Waals surface area (Å²) in [6, 6.07) is 4.77. The molecular weight excluding hydrogens is 337 g/mol. The SMILES string of the molecule is CN(C)C(=O)CN=C(NCC(=O)N(C)C)N1CCc2cc(F)ccc2C1. The quantitative estimate of drug-likeness (QED) is 0.617. The van der Waals surface area contributed by atoms with Gasteiger partial charge in [0.1, 0.15) is 12.4 Å². The summed E-state index contributed by atoms with van der Waals surface area (Å²) in [5.74, 6) is 0.0570. The fourth-order valence-electron chi connectivity index (χ4n) is 2.57. The third-order valence-electron chi connectivity index (χ3n) is 4.24. The second-order valence-electron chi connectivity index (χ2n) is 6.65. The van der Waals surface area contributed by atoms with Gasteiger partial charge in [0.05, 0.1) is 6.54 Å². The summed E-state index contributed by atoms with van der Waals surface area (Å²) in [6.07, 6.45) is 0.678. The second-order valence-corrected chi connectivity index (χ2v) is 6.65. The lowest BCUT2D eigenvalue weighted by atomic mass is 10.00. The van der Waals surface area contributed by atoms with Crippen LogP contribution in [-0.2, 0) is 22.6 Å². The maximum Gasteiger partial charge on any atom is 0.243 e. The standard InChI is InChI=1S/C18H26FN5O2/c1-22(2)16(25)10-20-18(21-11-17(26)23(3)4)24-8-7-13-9-15(19)6-5-14(13)12-24/h5-6,9H,7-8,10-12H2,1-4H3,(H,20,21). The fourth-order valence-corrected chi connectivity index (χ4v) is 2.57. The molecule has 2 amide bonds. The molecule has 0 saturated heterocycles. The fraction of sp³-hybridized carbons (Fsp3) is 0.500. The number of nitrogens with zero attached hydrogens (tertiary/aromatic N) is 4. The molecule has 1 aliphatic rings. The molecule has 1 aromatic carbocycles. The van der Waals surface area contributed by atoms with Gasteiger partial charge in [-0.3, -0.25) is 9.59 Å². The summed E-state index contributed by atoms with van der Waals surface area (Å²) in [4.78, 5) is 33.1. The van der Waals surface area contributed by atoms with E-state index in [9.17, 15) is 14.0 Å². The maximum absolute atomic E-state index is 13.4. The van der Waals surface area contributed by atoms with Gasteiger partial charge >= 0.3 is 0 Å². The highest BCUT2D eigenvalue weighted by atomic mass is 19.1. The Morgan fingerprint density at radius 3 is 2.50 bits per heavy atom. The van der Waals surface area contributed by atoms with Gasteiger partial charge in [0.25, 0.3) is 0 Å². The van der Waals surface area contributed by atoms with Crippen LogP contribution < -0.4 is 5.32 Å². The van der Waals surface area contributed by atoms with E-state index in [2.05, 4.69) is 10.3 Å². The summed E-state index contributed by atoms with van der Waals surface area (Å²) in [5, 5.41) is 3.05. The smallest absolute Gasteiger partial charge is 0.243 e. The molecule has 7 nitrogen and oxygen atoms in total. The van der Waals surface area contributed by atoms with Crippen molar-refractivity contribution in [1.29, 1.82) is 0 Å². The molecule has 2 rings (SSSR count). The number of carbonyl (C=O) groups is 2. The number of hydrogen-bond acceptors (Lipinski definition) is 3. The Kier molecular flexibility index (Phi) is 6.54. The third kappa shape index (κ3) is 5.18. The van der Waals surface area contributed by atoms with E-state index in [1.165, 1.54) is 15.9 Å². The molecule has 0 spiro atoms. The lowest BCUT2D eigenvalue weighted by molar-refractivity contribution is -0.127. The van der Waals surface area contributed by atoms with Crippen LogP contribution in [-0.4, -0.2) is 80.3 Å². The average Bonchev–Trinajstić information content (AvgIpc) is 2.60. The van der Waals surface area contributed by atoms with E-state index in [4.69, 9.17) is 0 Å². The summed E-state index contributed by atoms with van der Waals surface area (Å²) >= 11 is 0. The van der Waals surface area contributed by atoms with Gasteiger partial charge in [-0.15, -0.1) is 0 Å². The molecule has 1 N–H and O–H groups in total. The van der Waals surface area contributed by atoms with Crippen LogP contribution in [0.5, 0.6) is 0 Å². The summed E-state index contributed by atoms with van der Waals surface area (Å²) in [5.41, 5.74) is 2.00. The van der Waals surface area contributed by atoms with Crippen molar-refractivity contribution in [3.05, 3.63) is 35.1 Å². The molecule has 0 aliphatic carbocycles. The molecule has 142 valence electrons. The van der Waals surface area contributed by atoms with Crippen molar-refractivity contribution in [2.24, 2.45) is 4.99 Å². The Morgan fingerprint density at radius 1 is 1.15 bits per heavy atom. The van der Waals surface area contributed by atoms with E-state index < -0.39 is 0 Å². The minimum atomic E-state index is -0.239. The van der Waals surface area contributed by atoms with Gasteiger partial charge in [0.2, 0.25) is 11.8 Å². The Morgan fingerprint density at radius 2 is 1.85 bits per heavy atom. The van der Waals surface area contributed by atoms with E-state index in [-0.39, 0.29) is 30.7 Å². The number of guanidine groups is 1. The number of benzene rings is 1. The van der Waals surface area contributed by atoms with Crippen molar-refractivity contribution in [3.63, 3.8) is 0 Å². The molecule has 0 saturated carbocycles. The molecule has 0 aromatic heterocycles. The largest absolute Gasteiger partial charge is 0.347 e. The molecule has 26 heavy (non-hydrogen) atoms.